The molecule has 2 heterocycles. The van der Waals surface area contributed by atoms with E-state index < -0.39 is 5.97 Å². The number of benzene rings is 1. The molecule has 0 fully saturated rings. The Hall–Kier alpha value is -2.25. The number of rotatable bonds is 2. The molecule has 0 amide bonds. The number of thiophene rings is 1. The SMILES string of the molecule is O=C([O-])c1ccc(-n2c(=S)[nH]c3ccsc3c2=O)cc1. The molecule has 1 N–H and O–H groups in total. The van der Waals surface area contributed by atoms with Gasteiger partial charge in [0.2, 0.25) is 0 Å². The van der Waals surface area contributed by atoms with E-state index in [1.165, 1.54) is 40.2 Å². The number of H-pyrrole nitrogens is 1. The minimum Gasteiger partial charge on any atom is -0.545 e. The van der Waals surface area contributed by atoms with Gasteiger partial charge in [0.15, 0.2) is 4.77 Å². The third kappa shape index (κ3) is 1.97. The zero-order chi connectivity index (χ0) is 14.3. The number of aromatic amines is 1. The molecule has 100 valence electrons. The number of aromatic nitrogens is 2. The molecular weight excluding hydrogens is 296 g/mol. The summed E-state index contributed by atoms with van der Waals surface area (Å²) in [4.78, 5) is 26.1. The van der Waals surface area contributed by atoms with Gasteiger partial charge in [0.05, 0.1) is 17.2 Å². The standard InChI is InChI=1S/C13H8N2O3S2/c16-11-10-9(5-6-20-10)14-13(19)15(11)8-3-1-7(2-4-8)12(17)18/h1-6H,(H,14,19)(H,17,18)/p-1. The predicted molar refractivity (Wildman–Crippen MR) is 76.9 cm³/mol. The van der Waals surface area contributed by atoms with Gasteiger partial charge < -0.3 is 14.9 Å². The summed E-state index contributed by atoms with van der Waals surface area (Å²) in [5.41, 5.74) is 1.04. The van der Waals surface area contributed by atoms with E-state index in [4.69, 9.17) is 12.2 Å². The van der Waals surface area contributed by atoms with Crippen molar-refractivity contribution in [3.63, 3.8) is 0 Å². The molecule has 0 aliphatic carbocycles. The first-order valence-corrected chi connectivity index (χ1v) is 6.91. The summed E-state index contributed by atoms with van der Waals surface area (Å²) in [6.07, 6.45) is 0. The Kier molecular flexibility index (Phi) is 3.00. The van der Waals surface area contributed by atoms with E-state index in [-0.39, 0.29) is 15.9 Å². The largest absolute Gasteiger partial charge is 0.545 e. The van der Waals surface area contributed by atoms with Gasteiger partial charge in [-0.1, -0.05) is 12.1 Å². The summed E-state index contributed by atoms with van der Waals surface area (Å²) in [7, 11) is 0. The van der Waals surface area contributed by atoms with Crippen LogP contribution in [0, 0.1) is 4.77 Å². The number of nitrogens with zero attached hydrogens (tertiary/aromatic N) is 1. The Morgan fingerprint density at radius 2 is 1.95 bits per heavy atom. The lowest BCUT2D eigenvalue weighted by molar-refractivity contribution is -0.255. The van der Waals surface area contributed by atoms with Gasteiger partial charge in [-0.3, -0.25) is 9.36 Å². The van der Waals surface area contributed by atoms with Gasteiger partial charge in [-0.25, -0.2) is 0 Å². The van der Waals surface area contributed by atoms with Crippen LogP contribution >= 0.6 is 23.6 Å². The number of hydrogen-bond donors (Lipinski definition) is 1. The normalized spacial score (nSPS) is 10.8. The second-order valence-corrected chi connectivity index (χ2v) is 5.37. The van der Waals surface area contributed by atoms with Crippen LogP contribution in [0.3, 0.4) is 0 Å². The molecule has 0 bridgehead atoms. The molecule has 20 heavy (non-hydrogen) atoms. The van der Waals surface area contributed by atoms with Crippen molar-refractivity contribution >= 4 is 39.7 Å². The van der Waals surface area contributed by atoms with Crippen molar-refractivity contribution in [2.24, 2.45) is 0 Å². The van der Waals surface area contributed by atoms with Gasteiger partial charge in [-0.05, 0) is 41.4 Å². The number of carbonyl (C=O) groups is 1. The third-order valence-electron chi connectivity index (χ3n) is 2.87. The van der Waals surface area contributed by atoms with Crippen LogP contribution in [-0.4, -0.2) is 15.5 Å². The minimum absolute atomic E-state index is 0.0499. The van der Waals surface area contributed by atoms with Crippen LogP contribution in [0.1, 0.15) is 10.4 Å². The van der Waals surface area contributed by atoms with Gasteiger partial charge in [-0.2, -0.15) is 0 Å². The number of carboxylic acids is 1. The summed E-state index contributed by atoms with van der Waals surface area (Å²) < 4.78 is 2.18. The topological polar surface area (TPSA) is 77.9 Å². The molecule has 5 nitrogen and oxygen atoms in total. The summed E-state index contributed by atoms with van der Waals surface area (Å²) >= 11 is 6.51. The molecule has 3 rings (SSSR count). The third-order valence-corrected chi connectivity index (χ3v) is 4.06. The van der Waals surface area contributed by atoms with Gasteiger partial charge in [0, 0.05) is 0 Å². The molecule has 0 aliphatic rings. The Morgan fingerprint density at radius 1 is 1.25 bits per heavy atom. The summed E-state index contributed by atoms with van der Waals surface area (Å²) in [6, 6.07) is 7.60. The number of nitrogens with one attached hydrogen (secondary N) is 1. The first-order chi connectivity index (χ1) is 9.58. The van der Waals surface area contributed by atoms with Crippen molar-refractivity contribution in [2.75, 3.05) is 0 Å². The van der Waals surface area contributed by atoms with Crippen molar-refractivity contribution in [2.45, 2.75) is 0 Å². The van der Waals surface area contributed by atoms with Crippen LogP contribution in [0.15, 0.2) is 40.5 Å². The number of carbonyl (C=O) groups excluding carboxylic acids is 1. The number of aromatic carboxylic acids is 1. The molecule has 0 aliphatic heterocycles. The highest BCUT2D eigenvalue weighted by Crippen LogP contribution is 2.16. The predicted octanol–water partition coefficient (Wildman–Crippen LogP) is 1.47. The Bertz CT molecular complexity index is 919. The van der Waals surface area contributed by atoms with Crippen LogP contribution in [0.4, 0.5) is 0 Å². The fraction of sp³-hybridized carbons (Fsp3) is 0. The highest BCUT2D eigenvalue weighted by atomic mass is 32.1. The monoisotopic (exact) mass is 303 g/mol. The fourth-order valence-electron chi connectivity index (χ4n) is 1.92. The van der Waals surface area contributed by atoms with E-state index in [9.17, 15) is 14.7 Å². The number of fused-ring (bicyclic) bond motifs is 1. The smallest absolute Gasteiger partial charge is 0.276 e. The molecule has 0 unspecified atom stereocenters. The second kappa shape index (κ2) is 4.69. The molecule has 0 radical (unpaired) electrons. The Morgan fingerprint density at radius 3 is 2.60 bits per heavy atom. The zero-order valence-electron chi connectivity index (χ0n) is 9.95. The maximum absolute atomic E-state index is 12.4. The minimum atomic E-state index is -1.26. The molecule has 0 atom stereocenters. The highest BCUT2D eigenvalue weighted by molar-refractivity contribution is 7.71. The lowest BCUT2D eigenvalue weighted by Crippen LogP contribution is -2.23. The van der Waals surface area contributed by atoms with Gasteiger partial charge in [0.25, 0.3) is 5.56 Å². The lowest BCUT2D eigenvalue weighted by atomic mass is 10.2. The molecule has 0 spiro atoms. The second-order valence-electron chi connectivity index (χ2n) is 4.07. The van der Waals surface area contributed by atoms with E-state index in [0.717, 1.165) is 0 Å². The molecule has 2 aromatic heterocycles. The van der Waals surface area contributed by atoms with Gasteiger partial charge in [0.1, 0.15) is 4.70 Å². The lowest BCUT2D eigenvalue weighted by Gasteiger charge is -2.08. The zero-order valence-corrected chi connectivity index (χ0v) is 11.6. The first kappa shape index (κ1) is 12.8. The maximum atomic E-state index is 12.4. The number of carboxylic acid groups (broad SMARTS) is 1. The van der Waals surface area contributed by atoms with Crippen LogP contribution in [-0.2, 0) is 0 Å². The Balaban J connectivity index is 2.26. The molecule has 3 aromatic rings. The molecule has 7 heteroatoms. The summed E-state index contributed by atoms with van der Waals surface area (Å²) in [6.45, 7) is 0. The maximum Gasteiger partial charge on any atom is 0.276 e. The van der Waals surface area contributed by atoms with E-state index in [0.29, 0.717) is 15.9 Å². The van der Waals surface area contributed by atoms with Crippen molar-refractivity contribution < 1.29 is 9.90 Å². The van der Waals surface area contributed by atoms with Crippen molar-refractivity contribution in [1.29, 1.82) is 0 Å². The van der Waals surface area contributed by atoms with Crippen LogP contribution in [0.5, 0.6) is 0 Å². The van der Waals surface area contributed by atoms with Crippen LogP contribution in [0.25, 0.3) is 15.9 Å². The van der Waals surface area contributed by atoms with E-state index >= 15 is 0 Å². The molecule has 0 saturated carbocycles. The average Bonchev–Trinajstić information content (AvgIpc) is 2.87. The van der Waals surface area contributed by atoms with Crippen molar-refractivity contribution in [3.8, 4) is 5.69 Å². The highest BCUT2D eigenvalue weighted by Gasteiger charge is 2.08. The van der Waals surface area contributed by atoms with Gasteiger partial charge in [-0.15, -0.1) is 11.3 Å². The number of hydrogen-bond acceptors (Lipinski definition) is 5. The Labute approximate surface area is 121 Å². The van der Waals surface area contributed by atoms with Crippen LogP contribution < -0.4 is 10.7 Å². The fourth-order valence-corrected chi connectivity index (χ4v) is 3.00. The van der Waals surface area contributed by atoms with E-state index in [2.05, 4.69) is 4.98 Å². The van der Waals surface area contributed by atoms with Crippen molar-refractivity contribution in [3.05, 3.63) is 56.4 Å². The molecular formula is C13H7N2O3S2-. The van der Waals surface area contributed by atoms with Crippen LogP contribution in [0.2, 0.25) is 0 Å². The molecule has 1 aromatic carbocycles. The first-order valence-electron chi connectivity index (χ1n) is 5.62. The molecule has 0 saturated heterocycles. The van der Waals surface area contributed by atoms with Gasteiger partial charge >= 0.3 is 0 Å². The average molecular weight is 303 g/mol. The summed E-state index contributed by atoms with van der Waals surface area (Å²) in [5.74, 6) is -1.26. The summed E-state index contributed by atoms with van der Waals surface area (Å²) in [5, 5.41) is 12.5. The quantitative estimate of drug-likeness (QED) is 0.727. The van der Waals surface area contributed by atoms with Crippen molar-refractivity contribution in [1.82, 2.24) is 9.55 Å². The van der Waals surface area contributed by atoms with E-state index in [1.807, 2.05) is 0 Å². The van der Waals surface area contributed by atoms with E-state index in [1.54, 1.807) is 11.4 Å².